The summed E-state index contributed by atoms with van der Waals surface area (Å²) in [6.07, 6.45) is 0. The third kappa shape index (κ3) is 1.69. The SMILES string of the molecule is Cn1c(=O)c2cc3c(=O)c4cc5c(=O)n(C)c(=O)c5cc4c(=O)c3cc2c1=O. The highest BCUT2D eigenvalue weighted by Gasteiger charge is 2.19. The Morgan fingerprint density at radius 3 is 0.857 bits per heavy atom. The molecule has 0 fully saturated rings. The van der Waals surface area contributed by atoms with Crippen molar-refractivity contribution < 1.29 is 0 Å². The van der Waals surface area contributed by atoms with E-state index in [1.165, 1.54) is 38.4 Å². The van der Waals surface area contributed by atoms with Gasteiger partial charge in [0.05, 0.1) is 21.5 Å². The minimum Gasteiger partial charge on any atom is -0.289 e. The lowest BCUT2D eigenvalue weighted by molar-refractivity contribution is 0.856. The summed E-state index contributed by atoms with van der Waals surface area (Å²) in [5.41, 5.74) is -3.29. The average Bonchev–Trinajstić information content (AvgIpc) is 3.04. The molecule has 8 nitrogen and oxygen atoms in total. The Kier molecular flexibility index (Phi) is 2.82. The Hall–Kier alpha value is -3.94. The maximum absolute atomic E-state index is 13.0. The van der Waals surface area contributed by atoms with Crippen LogP contribution < -0.4 is 33.1 Å². The molecule has 0 unspecified atom stereocenters. The molecule has 2 aromatic heterocycles. The molecule has 0 saturated carbocycles. The number of fused-ring (bicyclic) bond motifs is 4. The van der Waals surface area contributed by atoms with Gasteiger partial charge in [-0.1, -0.05) is 0 Å². The largest absolute Gasteiger partial charge is 0.289 e. The van der Waals surface area contributed by atoms with Gasteiger partial charge in [0.2, 0.25) is 0 Å². The zero-order valence-corrected chi connectivity index (χ0v) is 14.7. The lowest BCUT2D eigenvalue weighted by Gasteiger charge is -2.01. The maximum atomic E-state index is 13.0. The molecule has 3 aromatic carbocycles. The molecule has 8 heteroatoms. The Morgan fingerprint density at radius 1 is 0.429 bits per heavy atom. The minimum absolute atomic E-state index is 0.00206. The molecule has 0 radical (unpaired) electrons. The fourth-order valence-electron chi connectivity index (χ4n) is 3.86. The molecule has 0 atom stereocenters. The Bertz CT molecular complexity index is 1590. The minimum atomic E-state index is -0.551. The van der Waals surface area contributed by atoms with Crippen molar-refractivity contribution in [1.82, 2.24) is 9.13 Å². The van der Waals surface area contributed by atoms with Gasteiger partial charge in [-0.15, -0.1) is 0 Å². The molecular weight excluding hydrogens is 364 g/mol. The number of benzene rings is 3. The van der Waals surface area contributed by atoms with Crippen LogP contribution in [-0.2, 0) is 14.1 Å². The molecule has 0 aliphatic rings. The summed E-state index contributed by atoms with van der Waals surface area (Å²) in [7, 11) is 2.64. The van der Waals surface area contributed by atoms with Crippen molar-refractivity contribution in [3.63, 3.8) is 0 Å². The molecule has 0 N–H and O–H groups in total. The number of hydrogen-bond donors (Lipinski definition) is 0. The first-order chi connectivity index (χ1) is 13.2. The van der Waals surface area contributed by atoms with Crippen molar-refractivity contribution in [2.75, 3.05) is 0 Å². The van der Waals surface area contributed by atoms with Gasteiger partial charge >= 0.3 is 0 Å². The Morgan fingerprint density at radius 2 is 0.643 bits per heavy atom. The van der Waals surface area contributed by atoms with Crippen molar-refractivity contribution in [2.24, 2.45) is 14.1 Å². The van der Waals surface area contributed by atoms with Crippen molar-refractivity contribution in [1.29, 1.82) is 0 Å². The molecule has 0 spiro atoms. The van der Waals surface area contributed by atoms with E-state index in [0.717, 1.165) is 9.13 Å². The lowest BCUT2D eigenvalue weighted by Crippen LogP contribution is -2.20. The zero-order chi connectivity index (χ0) is 20.1. The van der Waals surface area contributed by atoms with E-state index in [1.54, 1.807) is 0 Å². The predicted molar refractivity (Wildman–Crippen MR) is 106 cm³/mol. The molecule has 0 saturated heterocycles. The van der Waals surface area contributed by atoms with Crippen LogP contribution in [0, 0.1) is 0 Å². The Balaban J connectivity index is 2.14. The summed E-state index contributed by atoms with van der Waals surface area (Å²) in [5.74, 6) is 0. The van der Waals surface area contributed by atoms with E-state index >= 15 is 0 Å². The van der Waals surface area contributed by atoms with Gasteiger partial charge in [0.1, 0.15) is 0 Å². The fourth-order valence-corrected chi connectivity index (χ4v) is 3.86. The maximum Gasteiger partial charge on any atom is 0.261 e. The first-order valence-electron chi connectivity index (χ1n) is 8.32. The van der Waals surface area contributed by atoms with E-state index in [-0.39, 0.29) is 43.1 Å². The highest BCUT2D eigenvalue weighted by atomic mass is 16.2. The first kappa shape index (κ1) is 16.2. The molecule has 5 aromatic rings. The highest BCUT2D eigenvalue weighted by Crippen LogP contribution is 2.20. The van der Waals surface area contributed by atoms with E-state index in [9.17, 15) is 28.8 Å². The first-order valence-corrected chi connectivity index (χ1v) is 8.32. The summed E-state index contributed by atoms with van der Waals surface area (Å²) in [5, 5.41) is 0.225. The molecule has 0 amide bonds. The van der Waals surface area contributed by atoms with Crippen LogP contribution in [0.4, 0.5) is 0 Å². The van der Waals surface area contributed by atoms with Gasteiger partial charge in [-0.3, -0.25) is 37.9 Å². The Labute approximate surface area is 153 Å². The highest BCUT2D eigenvalue weighted by molar-refractivity contribution is 6.07. The second kappa shape index (κ2) is 4.86. The molecule has 136 valence electrons. The summed E-state index contributed by atoms with van der Waals surface area (Å²) in [4.78, 5) is 74.9. The summed E-state index contributed by atoms with van der Waals surface area (Å²) in [6, 6.07) is 5.02. The second-order valence-corrected chi connectivity index (χ2v) is 6.88. The van der Waals surface area contributed by atoms with Crippen LogP contribution >= 0.6 is 0 Å². The monoisotopic (exact) mass is 374 g/mol. The number of nitrogens with zero attached hydrogens (tertiary/aromatic N) is 2. The molecule has 0 aliphatic carbocycles. The van der Waals surface area contributed by atoms with Crippen LogP contribution in [0.15, 0.2) is 53.0 Å². The molecular formula is C20H10N2O6. The average molecular weight is 374 g/mol. The lowest BCUT2D eigenvalue weighted by atomic mass is 9.98. The zero-order valence-electron chi connectivity index (χ0n) is 14.7. The van der Waals surface area contributed by atoms with Crippen LogP contribution in [0.2, 0.25) is 0 Å². The summed E-state index contributed by atoms with van der Waals surface area (Å²) < 4.78 is 1.83. The van der Waals surface area contributed by atoms with Crippen molar-refractivity contribution >= 4 is 43.1 Å². The van der Waals surface area contributed by atoms with Crippen LogP contribution in [0.1, 0.15) is 0 Å². The normalized spacial score (nSPS) is 12.1. The molecule has 0 bridgehead atoms. The quantitative estimate of drug-likeness (QED) is 0.336. The van der Waals surface area contributed by atoms with Gasteiger partial charge in [-0.2, -0.15) is 0 Å². The third-order valence-electron chi connectivity index (χ3n) is 5.43. The van der Waals surface area contributed by atoms with E-state index in [0.29, 0.717) is 0 Å². The number of aromatic nitrogens is 2. The van der Waals surface area contributed by atoms with Gasteiger partial charge in [0.25, 0.3) is 22.2 Å². The molecule has 28 heavy (non-hydrogen) atoms. The number of hydrogen-bond acceptors (Lipinski definition) is 6. The summed E-state index contributed by atoms with van der Waals surface area (Å²) in [6.45, 7) is 0. The van der Waals surface area contributed by atoms with E-state index in [4.69, 9.17) is 0 Å². The van der Waals surface area contributed by atoms with Gasteiger partial charge < -0.3 is 0 Å². The van der Waals surface area contributed by atoms with E-state index in [1.807, 2.05) is 0 Å². The predicted octanol–water partition coefficient (Wildman–Crippen LogP) is -0.549. The topological polar surface area (TPSA) is 112 Å². The second-order valence-electron chi connectivity index (χ2n) is 6.88. The van der Waals surface area contributed by atoms with Crippen LogP contribution in [0.25, 0.3) is 43.1 Å². The van der Waals surface area contributed by atoms with Crippen LogP contribution in [-0.4, -0.2) is 9.13 Å². The van der Waals surface area contributed by atoms with Crippen molar-refractivity contribution in [3.05, 3.63) is 86.1 Å². The summed E-state index contributed by atoms with van der Waals surface area (Å²) >= 11 is 0. The van der Waals surface area contributed by atoms with Gasteiger partial charge in [0, 0.05) is 35.6 Å². The van der Waals surface area contributed by atoms with E-state index in [2.05, 4.69) is 0 Å². The molecule has 5 rings (SSSR count). The van der Waals surface area contributed by atoms with Crippen LogP contribution in [0.5, 0.6) is 0 Å². The van der Waals surface area contributed by atoms with Crippen LogP contribution in [0.3, 0.4) is 0 Å². The van der Waals surface area contributed by atoms with Gasteiger partial charge in [0.15, 0.2) is 10.9 Å². The van der Waals surface area contributed by atoms with Crippen molar-refractivity contribution in [2.45, 2.75) is 0 Å². The number of rotatable bonds is 0. The third-order valence-corrected chi connectivity index (χ3v) is 5.43. The van der Waals surface area contributed by atoms with Crippen molar-refractivity contribution in [3.8, 4) is 0 Å². The standard InChI is InChI=1S/C20H10N2O6/c1-21-17(25)11-3-7-8(4-12(11)18(21)26)16(24)10-6-14-13(5-9(10)15(7)23)19(27)22(2)20(14)28/h3-6H,1-2H3. The fraction of sp³-hybridized carbons (Fsp3) is 0.100. The molecule has 0 aliphatic heterocycles. The van der Waals surface area contributed by atoms with Gasteiger partial charge in [-0.05, 0) is 24.3 Å². The molecule has 2 heterocycles. The smallest absolute Gasteiger partial charge is 0.261 e. The van der Waals surface area contributed by atoms with E-state index < -0.39 is 33.1 Å². The van der Waals surface area contributed by atoms with Gasteiger partial charge in [-0.25, -0.2) is 0 Å².